The summed E-state index contributed by atoms with van der Waals surface area (Å²) in [7, 11) is -10.4. The van der Waals surface area contributed by atoms with Crippen molar-refractivity contribution in [2.24, 2.45) is 5.14 Å². The molecule has 1 aromatic rings. The molecule has 0 saturated carbocycles. The number of rotatable bonds is 5. The summed E-state index contributed by atoms with van der Waals surface area (Å²) >= 11 is -0.247. The van der Waals surface area contributed by atoms with E-state index in [-0.39, 0.29) is 11.3 Å². The van der Waals surface area contributed by atoms with Gasteiger partial charge in [-0.3, -0.25) is 5.32 Å². The van der Waals surface area contributed by atoms with Crippen LogP contribution in [0.1, 0.15) is 24.9 Å². The van der Waals surface area contributed by atoms with Gasteiger partial charge >= 0.3 is 0 Å². The quantitative estimate of drug-likeness (QED) is 0.175. The summed E-state index contributed by atoms with van der Waals surface area (Å²) in [6, 6.07) is -2.57. The lowest BCUT2D eigenvalue weighted by atomic mass is 9.91. The Kier molecular flexibility index (Phi) is 5.44. The van der Waals surface area contributed by atoms with Crippen LogP contribution >= 0.6 is 11.3 Å². The Morgan fingerprint density at radius 1 is 1.17 bits per heavy atom. The molecule has 168 valence electrons. The fraction of sp³-hybridized carbons (Fsp3) is 0.636. The maximum Gasteiger partial charge on any atom is 0.279 e. The fourth-order valence-electron chi connectivity index (χ4n) is 2.81. The van der Waals surface area contributed by atoms with Gasteiger partial charge in [-0.1, -0.05) is 0 Å². The van der Waals surface area contributed by atoms with E-state index in [9.17, 15) is 47.5 Å². The summed E-state index contributed by atoms with van der Waals surface area (Å²) in [5.41, 5.74) is -1.12. The van der Waals surface area contributed by atoms with Crippen LogP contribution in [-0.2, 0) is 19.9 Å². The van der Waals surface area contributed by atoms with Crippen LogP contribution in [0.5, 0.6) is 5.75 Å². The van der Waals surface area contributed by atoms with Crippen LogP contribution in [0.2, 0.25) is 0 Å². The maximum absolute atomic E-state index is 12.8. The highest BCUT2D eigenvalue weighted by atomic mass is 32.3. The van der Waals surface area contributed by atoms with Crippen LogP contribution in [-0.4, -0.2) is 85.4 Å². The van der Waals surface area contributed by atoms with Gasteiger partial charge in [0.2, 0.25) is 26.5 Å². The molecule has 29 heavy (non-hydrogen) atoms. The number of primary sulfonamides is 1. The van der Waals surface area contributed by atoms with Gasteiger partial charge in [-0.15, -0.1) is 11.3 Å². The Morgan fingerprint density at radius 3 is 2.03 bits per heavy atom. The number of hydrogen-bond acceptors (Lipinski definition) is 15. The number of hydrogen-bond donors (Lipinski definition) is 11. The number of nitrogens with one attached hydrogen (secondary N) is 1. The molecule has 0 amide bonds. The smallest absolute Gasteiger partial charge is 0.279 e. The minimum Gasteiger partial charge on any atom is -0.505 e. The largest absolute Gasteiger partial charge is 0.505 e. The van der Waals surface area contributed by atoms with Crippen LogP contribution in [0.25, 0.3) is 0 Å². The first kappa shape index (κ1) is 24.3. The third-order valence-corrected chi connectivity index (χ3v) is 9.35. The number of sulfonamides is 1. The molecular formula is C11H18N2O13S3. The molecule has 1 aromatic heterocycles. The lowest BCUT2D eigenvalue weighted by Crippen LogP contribution is -2.70. The summed E-state index contributed by atoms with van der Waals surface area (Å²) in [5, 5.41) is 94.6. The predicted molar refractivity (Wildman–Crippen MR) is 89.4 cm³/mol. The Balaban J connectivity index is 2.99. The molecule has 0 spiro atoms. The second-order valence-electron chi connectivity index (χ2n) is 6.55. The third kappa shape index (κ3) is 3.87. The fourth-order valence-corrected chi connectivity index (χ4v) is 7.57. The van der Waals surface area contributed by atoms with E-state index < -0.39 is 74.7 Å². The number of nitrogens with two attached hydrogens (primary N) is 1. The van der Waals surface area contributed by atoms with Crippen molar-refractivity contribution in [1.29, 1.82) is 0 Å². The number of sulfone groups is 1. The van der Waals surface area contributed by atoms with Crippen molar-refractivity contribution >= 4 is 31.2 Å². The van der Waals surface area contributed by atoms with E-state index in [0.29, 0.717) is 6.92 Å². The van der Waals surface area contributed by atoms with Gasteiger partial charge in [0.05, 0.1) is 6.42 Å². The van der Waals surface area contributed by atoms with Crippen molar-refractivity contribution in [3.8, 4) is 5.75 Å². The van der Waals surface area contributed by atoms with Gasteiger partial charge in [0.1, 0.15) is 10.3 Å². The maximum atomic E-state index is 12.8. The number of aliphatic hydroxyl groups is 8. The van der Waals surface area contributed by atoms with Gasteiger partial charge in [0.15, 0.2) is 9.96 Å². The van der Waals surface area contributed by atoms with E-state index in [2.05, 4.69) is 0 Å². The molecule has 1 aliphatic heterocycles. The van der Waals surface area contributed by atoms with Gasteiger partial charge in [0.25, 0.3) is 16.0 Å². The van der Waals surface area contributed by atoms with Crippen molar-refractivity contribution in [3.05, 3.63) is 5.56 Å². The van der Waals surface area contributed by atoms with E-state index in [4.69, 9.17) is 20.5 Å². The summed E-state index contributed by atoms with van der Waals surface area (Å²) in [6.07, 6.45) is -2.08. The number of fused-ring (bicyclic) bond motifs is 1. The van der Waals surface area contributed by atoms with Gasteiger partial charge in [-0.2, -0.15) is 0 Å². The highest BCUT2D eigenvalue weighted by Gasteiger charge is 2.70. The average Bonchev–Trinajstić information content (AvgIpc) is 2.78. The normalized spacial score (nSPS) is 26.9. The first-order chi connectivity index (χ1) is 12.6. The van der Waals surface area contributed by atoms with Crippen LogP contribution < -0.4 is 10.5 Å². The molecule has 0 radical (unpaired) electrons. The van der Waals surface area contributed by atoms with Crippen LogP contribution in [0.15, 0.2) is 8.42 Å². The van der Waals surface area contributed by atoms with Gasteiger partial charge in [-0.25, -0.2) is 22.0 Å². The highest BCUT2D eigenvalue weighted by molar-refractivity contribution is 7.96. The zero-order valence-corrected chi connectivity index (χ0v) is 16.7. The molecule has 0 saturated heterocycles. The summed E-state index contributed by atoms with van der Waals surface area (Å²) in [6.45, 7) is 0.601. The van der Waals surface area contributed by atoms with Crippen LogP contribution in [0.4, 0.5) is 0 Å². The molecule has 0 aromatic carbocycles. The van der Waals surface area contributed by atoms with E-state index in [1.165, 1.54) is 0 Å². The first-order valence-electron chi connectivity index (χ1n) is 7.26. The molecule has 0 aliphatic carbocycles. The van der Waals surface area contributed by atoms with Gasteiger partial charge in [0, 0.05) is 12.5 Å². The molecule has 2 heterocycles. The van der Waals surface area contributed by atoms with E-state index in [0.717, 1.165) is 0 Å². The molecule has 2 atom stereocenters. The molecule has 2 unspecified atom stereocenters. The van der Waals surface area contributed by atoms with E-state index in [1.54, 1.807) is 5.32 Å². The van der Waals surface area contributed by atoms with E-state index >= 15 is 0 Å². The standard InChI is InChI=1S/C11H18N2O13S3/c1-8(15,16)13-5-3-4(14)7(29(12,25)26)27-6(3)28(23,24)9(17,11(5,21)22)2-10(18,19)20/h5,13-22H,2H2,1H3,(H2,12,25,26). The SMILES string of the molecule is CC(O)(O)NC1c2c(sc(S(N)(=O)=O)c2O)S(=O)(=O)C(O)(CC(O)(O)O)C1(O)O. The second kappa shape index (κ2) is 6.50. The summed E-state index contributed by atoms with van der Waals surface area (Å²) in [4.78, 5) is -4.07. The Hall–Kier alpha value is -1.00. The molecule has 0 fully saturated rings. The highest BCUT2D eigenvalue weighted by Crippen LogP contribution is 2.56. The zero-order valence-electron chi connectivity index (χ0n) is 14.2. The minimum absolute atomic E-state index is 0.247. The Labute approximate surface area is 166 Å². The minimum atomic E-state index is -5.56. The van der Waals surface area contributed by atoms with Gasteiger partial charge < -0.3 is 46.0 Å². The van der Waals surface area contributed by atoms with Crippen molar-refractivity contribution in [3.63, 3.8) is 0 Å². The number of aromatic hydroxyl groups is 1. The second-order valence-corrected chi connectivity index (χ2v) is 11.7. The van der Waals surface area contributed by atoms with Crippen molar-refractivity contribution in [1.82, 2.24) is 5.32 Å². The molecule has 18 heteroatoms. The molecule has 2 rings (SSSR count). The summed E-state index contributed by atoms with van der Waals surface area (Å²) in [5.74, 6) is -12.6. The molecule has 1 aliphatic rings. The Bertz CT molecular complexity index is 1030. The molecular weight excluding hydrogens is 464 g/mol. The molecule has 0 bridgehead atoms. The number of thiophene rings is 1. The predicted octanol–water partition coefficient (Wildman–Crippen LogP) is -5.43. The zero-order chi connectivity index (χ0) is 23.0. The Morgan fingerprint density at radius 2 is 1.66 bits per heavy atom. The summed E-state index contributed by atoms with van der Waals surface area (Å²) < 4.78 is 46.5. The lowest BCUT2D eigenvalue weighted by Gasteiger charge is -2.48. The van der Waals surface area contributed by atoms with Crippen molar-refractivity contribution in [2.45, 2.75) is 50.4 Å². The first-order valence-corrected chi connectivity index (χ1v) is 11.1. The lowest BCUT2D eigenvalue weighted by molar-refractivity contribution is -0.356. The van der Waals surface area contributed by atoms with Crippen LogP contribution in [0.3, 0.4) is 0 Å². The van der Waals surface area contributed by atoms with E-state index in [1.807, 2.05) is 0 Å². The third-order valence-electron chi connectivity index (χ3n) is 3.96. The topological polar surface area (TPSA) is 288 Å². The van der Waals surface area contributed by atoms with Crippen molar-refractivity contribution < 1.29 is 62.8 Å². The van der Waals surface area contributed by atoms with Crippen LogP contribution in [0, 0.1) is 0 Å². The average molecular weight is 482 g/mol. The van der Waals surface area contributed by atoms with Crippen molar-refractivity contribution in [2.75, 3.05) is 0 Å². The van der Waals surface area contributed by atoms with Gasteiger partial charge in [-0.05, 0) is 0 Å². The molecule has 12 N–H and O–H groups in total. The molecule has 15 nitrogen and oxygen atoms in total. The monoisotopic (exact) mass is 482 g/mol.